The molecule has 0 aliphatic rings. The lowest BCUT2D eigenvalue weighted by Crippen LogP contribution is -2.37. The number of nitrogens with one attached hydrogen (secondary N) is 1. The van der Waals surface area contributed by atoms with Gasteiger partial charge < -0.3 is 5.32 Å². The van der Waals surface area contributed by atoms with Gasteiger partial charge >= 0.3 is 0 Å². The molecule has 0 atom stereocenters. The van der Waals surface area contributed by atoms with Crippen molar-refractivity contribution in [2.24, 2.45) is 0 Å². The summed E-state index contributed by atoms with van der Waals surface area (Å²) in [5.41, 5.74) is -0.0288. The van der Waals surface area contributed by atoms with Crippen molar-refractivity contribution in [3.8, 4) is 0 Å². The first kappa shape index (κ1) is 24.2. The summed E-state index contributed by atoms with van der Waals surface area (Å²) < 4.78 is 68.5. The van der Waals surface area contributed by atoms with Crippen molar-refractivity contribution < 1.29 is 26.4 Å². The molecule has 3 aromatic carbocycles. The maximum atomic E-state index is 13.9. The van der Waals surface area contributed by atoms with Gasteiger partial charge in [-0.25, -0.2) is 21.6 Å². The first-order valence-electron chi connectivity index (χ1n) is 9.01. The summed E-state index contributed by atoms with van der Waals surface area (Å²) >= 11 is 9.12. The number of amides is 1. The molecule has 0 bridgehead atoms. The van der Waals surface area contributed by atoms with Crippen LogP contribution < -0.4 is 5.32 Å². The monoisotopic (exact) mass is 546 g/mol. The second-order valence-electron chi connectivity index (χ2n) is 6.62. The van der Waals surface area contributed by atoms with Gasteiger partial charge in [0, 0.05) is 16.0 Å². The fraction of sp³-hybridized carbons (Fsp3) is 0.0952. The summed E-state index contributed by atoms with van der Waals surface area (Å²) in [6.45, 7) is -0.884. The van der Waals surface area contributed by atoms with Crippen molar-refractivity contribution in [3.05, 3.63) is 93.2 Å². The molecule has 0 heterocycles. The molecule has 0 fully saturated rings. The molecule has 0 aromatic heterocycles. The second-order valence-corrected chi connectivity index (χ2v) is 9.91. The van der Waals surface area contributed by atoms with Gasteiger partial charge in [-0.1, -0.05) is 39.7 Å². The van der Waals surface area contributed by atoms with Crippen molar-refractivity contribution in [2.45, 2.75) is 11.4 Å². The lowest BCUT2D eigenvalue weighted by molar-refractivity contribution is -0.116. The predicted molar refractivity (Wildman–Crippen MR) is 118 cm³/mol. The fourth-order valence-electron chi connectivity index (χ4n) is 2.75. The van der Waals surface area contributed by atoms with Crippen LogP contribution in [0.15, 0.2) is 70.0 Å². The molecular formula is C21H15BrClF3N2O3S. The number of benzene rings is 3. The number of rotatable bonds is 7. The van der Waals surface area contributed by atoms with Crippen LogP contribution in [0.4, 0.5) is 18.9 Å². The molecule has 0 spiro atoms. The Morgan fingerprint density at radius 1 is 0.938 bits per heavy atom. The smallest absolute Gasteiger partial charge is 0.243 e. The molecule has 3 aromatic rings. The molecule has 1 amide bonds. The zero-order chi connectivity index (χ0) is 23.5. The van der Waals surface area contributed by atoms with E-state index in [-0.39, 0.29) is 11.4 Å². The highest BCUT2D eigenvalue weighted by Crippen LogP contribution is 2.23. The number of halogens is 5. The summed E-state index contributed by atoms with van der Waals surface area (Å²) in [6.07, 6.45) is 0. The quantitative estimate of drug-likeness (QED) is 0.406. The summed E-state index contributed by atoms with van der Waals surface area (Å²) in [7, 11) is -4.16. The van der Waals surface area contributed by atoms with Crippen LogP contribution in [-0.2, 0) is 21.4 Å². The number of hydrogen-bond donors (Lipinski definition) is 1. The third-order valence-electron chi connectivity index (χ3n) is 4.35. The number of hydrogen-bond acceptors (Lipinski definition) is 3. The highest BCUT2D eigenvalue weighted by atomic mass is 79.9. The minimum atomic E-state index is -4.16. The van der Waals surface area contributed by atoms with Gasteiger partial charge in [0.15, 0.2) is 17.5 Å². The van der Waals surface area contributed by atoms with Gasteiger partial charge in [0.1, 0.15) is 0 Å². The number of nitrogens with zero attached hydrogens (tertiary/aromatic N) is 1. The van der Waals surface area contributed by atoms with Crippen LogP contribution in [-0.4, -0.2) is 25.2 Å². The zero-order valence-corrected chi connectivity index (χ0v) is 19.3. The summed E-state index contributed by atoms with van der Waals surface area (Å²) in [4.78, 5) is 12.4. The largest absolute Gasteiger partial charge is 0.322 e. The zero-order valence-electron chi connectivity index (χ0n) is 16.2. The molecule has 0 radical (unpaired) electrons. The Labute approximate surface area is 196 Å². The van der Waals surface area contributed by atoms with Gasteiger partial charge in [-0.15, -0.1) is 0 Å². The lowest BCUT2D eigenvalue weighted by atomic mass is 10.2. The maximum Gasteiger partial charge on any atom is 0.243 e. The Hall–Kier alpha value is -2.40. The van der Waals surface area contributed by atoms with Gasteiger partial charge in [0.25, 0.3) is 0 Å². The minimum Gasteiger partial charge on any atom is -0.322 e. The molecule has 32 heavy (non-hydrogen) atoms. The number of sulfonamides is 1. The predicted octanol–water partition coefficient (Wildman–Crippen LogP) is 5.35. The Morgan fingerprint density at radius 3 is 2.19 bits per heavy atom. The van der Waals surface area contributed by atoms with E-state index in [0.717, 1.165) is 14.8 Å². The van der Waals surface area contributed by atoms with Crippen molar-refractivity contribution in [1.82, 2.24) is 4.31 Å². The second kappa shape index (κ2) is 10.0. The van der Waals surface area contributed by atoms with Crippen LogP contribution in [0.2, 0.25) is 5.02 Å². The Bertz CT molecular complexity index is 1240. The number of carbonyl (C=O) groups is 1. The van der Waals surface area contributed by atoms with Crippen LogP contribution in [0.5, 0.6) is 0 Å². The third-order valence-corrected chi connectivity index (χ3v) is 6.94. The van der Waals surface area contributed by atoms with Gasteiger partial charge in [0.2, 0.25) is 15.9 Å². The molecule has 0 aliphatic heterocycles. The van der Waals surface area contributed by atoms with E-state index in [2.05, 4.69) is 21.2 Å². The third kappa shape index (κ3) is 5.69. The van der Waals surface area contributed by atoms with Crippen LogP contribution in [0, 0.1) is 17.5 Å². The van der Waals surface area contributed by atoms with Crippen molar-refractivity contribution in [1.29, 1.82) is 0 Å². The average Bonchev–Trinajstić information content (AvgIpc) is 2.75. The van der Waals surface area contributed by atoms with Crippen molar-refractivity contribution >= 4 is 49.1 Å². The highest BCUT2D eigenvalue weighted by molar-refractivity contribution is 9.10. The lowest BCUT2D eigenvalue weighted by Gasteiger charge is -2.22. The molecule has 0 unspecified atom stereocenters. The van der Waals surface area contributed by atoms with E-state index in [1.54, 1.807) is 24.3 Å². The van der Waals surface area contributed by atoms with E-state index in [1.807, 2.05) is 0 Å². The minimum absolute atomic E-state index is 0.106. The van der Waals surface area contributed by atoms with E-state index in [0.29, 0.717) is 16.7 Å². The SMILES string of the molecule is O=C(CN(Cc1ccc(Br)cc1)S(=O)(=O)c1ccc(Cl)cc1)Nc1ccc(F)c(F)c1F. The normalized spacial score (nSPS) is 11.6. The number of anilines is 1. The van der Waals surface area contributed by atoms with Crippen LogP contribution >= 0.6 is 27.5 Å². The number of carbonyl (C=O) groups excluding carboxylic acids is 1. The molecule has 11 heteroatoms. The summed E-state index contributed by atoms with van der Waals surface area (Å²) in [5, 5.41) is 2.41. The first-order chi connectivity index (χ1) is 15.1. The van der Waals surface area contributed by atoms with Crippen LogP contribution in [0.25, 0.3) is 0 Å². The molecular weight excluding hydrogens is 533 g/mol. The van der Waals surface area contributed by atoms with Crippen LogP contribution in [0.3, 0.4) is 0 Å². The molecule has 1 N–H and O–H groups in total. The molecule has 3 rings (SSSR count). The Morgan fingerprint density at radius 2 is 1.56 bits per heavy atom. The average molecular weight is 548 g/mol. The molecule has 0 saturated carbocycles. The summed E-state index contributed by atoms with van der Waals surface area (Å²) in [6, 6.07) is 13.6. The standard InChI is InChI=1S/C21H15BrClF3N2O3S/c22-14-3-1-13(2-4-14)11-28(32(30,31)16-7-5-15(23)6-8-16)12-19(29)27-18-10-9-17(24)20(25)21(18)26/h1-10H,11-12H2,(H,27,29). The Balaban J connectivity index is 1.89. The van der Waals surface area contributed by atoms with E-state index in [1.165, 1.54) is 24.3 Å². The van der Waals surface area contributed by atoms with Crippen molar-refractivity contribution in [3.63, 3.8) is 0 Å². The van der Waals surface area contributed by atoms with Crippen LogP contribution in [0.1, 0.15) is 5.56 Å². The summed E-state index contributed by atoms with van der Waals surface area (Å²) in [5.74, 6) is -5.69. The first-order valence-corrected chi connectivity index (χ1v) is 11.6. The molecule has 168 valence electrons. The van der Waals surface area contributed by atoms with Gasteiger partial charge in [-0.2, -0.15) is 4.31 Å². The van der Waals surface area contributed by atoms with E-state index in [9.17, 15) is 26.4 Å². The van der Waals surface area contributed by atoms with E-state index >= 15 is 0 Å². The van der Waals surface area contributed by atoms with Gasteiger partial charge in [-0.05, 0) is 54.1 Å². The molecule has 5 nitrogen and oxygen atoms in total. The van der Waals surface area contributed by atoms with Gasteiger partial charge in [-0.3, -0.25) is 4.79 Å². The molecule has 0 saturated heterocycles. The highest BCUT2D eigenvalue weighted by Gasteiger charge is 2.27. The topological polar surface area (TPSA) is 66.5 Å². The van der Waals surface area contributed by atoms with E-state index in [4.69, 9.17) is 11.6 Å². The van der Waals surface area contributed by atoms with E-state index < -0.39 is 45.6 Å². The fourth-order valence-corrected chi connectivity index (χ4v) is 4.52. The van der Waals surface area contributed by atoms with Crippen molar-refractivity contribution in [2.75, 3.05) is 11.9 Å². The molecule has 0 aliphatic carbocycles. The van der Waals surface area contributed by atoms with Gasteiger partial charge in [0.05, 0.1) is 17.1 Å². The maximum absolute atomic E-state index is 13.9. The Kier molecular flexibility index (Phi) is 7.60.